The summed E-state index contributed by atoms with van der Waals surface area (Å²) in [6, 6.07) is 161. The first-order chi connectivity index (χ1) is 61.5. The van der Waals surface area contributed by atoms with Gasteiger partial charge >= 0.3 is 0 Å². The fraction of sp³-hybridized carbons (Fsp3) is 0.0427. The van der Waals surface area contributed by atoms with Gasteiger partial charge in [0.15, 0.2) is 0 Å². The molecule has 9 heteroatoms. The molecule has 608 valence electrons. The third kappa shape index (κ3) is 15.7. The molecule has 0 atom stereocenters. The molecule has 0 unspecified atom stereocenters. The summed E-state index contributed by atoms with van der Waals surface area (Å²) in [4.78, 5) is 4.81. The third-order valence-corrected chi connectivity index (χ3v) is 24.4. The number of para-hydroxylation sites is 8. The van der Waals surface area contributed by atoms with Crippen LogP contribution in [0.4, 0.5) is 51.2 Å². The minimum Gasteiger partial charge on any atom is -0.399 e. The highest BCUT2D eigenvalue weighted by Crippen LogP contribution is 2.47. The lowest BCUT2D eigenvalue weighted by Gasteiger charge is -2.28. The Hall–Kier alpha value is -15.4. The van der Waals surface area contributed by atoms with E-state index in [0.717, 1.165) is 68.1 Å². The van der Waals surface area contributed by atoms with Gasteiger partial charge in [0.05, 0.1) is 49.8 Å². The van der Waals surface area contributed by atoms with E-state index in [1.807, 2.05) is 31.2 Å². The number of halogens is 1. The topological polar surface area (TPSA) is 64.2 Å². The lowest BCUT2D eigenvalue weighted by atomic mass is 9.96. The first kappa shape index (κ1) is 80.3. The zero-order chi connectivity index (χ0) is 84.4. The molecule has 0 saturated carbocycles. The smallest absolute Gasteiger partial charge is 0.0542 e. The second-order valence-corrected chi connectivity index (χ2v) is 33.3. The summed E-state index contributed by atoms with van der Waals surface area (Å²) in [5.74, 6) is 0. The van der Waals surface area contributed by atoms with Crippen LogP contribution >= 0.6 is 22.6 Å². The van der Waals surface area contributed by atoms with Crippen LogP contribution in [0.25, 0.3) is 132 Å². The number of nitrogens with two attached hydrogens (primary N) is 1. The number of benzene rings is 19. The second-order valence-electron chi connectivity index (χ2n) is 32.0. The van der Waals surface area contributed by atoms with E-state index in [-0.39, 0.29) is 7.43 Å². The Kier molecular flexibility index (Phi) is 22.4. The van der Waals surface area contributed by atoms with Crippen molar-refractivity contribution in [2.75, 3.05) is 20.9 Å². The summed E-state index contributed by atoms with van der Waals surface area (Å²) in [5.41, 5.74) is 36.8. The number of nitrogens with one attached hydrogen (secondary N) is 1. The van der Waals surface area contributed by atoms with Crippen LogP contribution < -0.4 is 20.9 Å². The van der Waals surface area contributed by atoms with Crippen LogP contribution in [0.2, 0.25) is 0 Å². The van der Waals surface area contributed by atoms with E-state index in [4.69, 9.17) is 5.73 Å². The molecule has 4 heterocycles. The van der Waals surface area contributed by atoms with Crippen LogP contribution in [-0.2, 0) is 0 Å². The van der Waals surface area contributed by atoms with Gasteiger partial charge in [-0.1, -0.05) is 266 Å². The van der Waals surface area contributed by atoms with Gasteiger partial charge in [-0.15, -0.1) is 0 Å². The van der Waals surface area contributed by atoms with Crippen molar-refractivity contribution in [1.29, 1.82) is 0 Å². The maximum absolute atomic E-state index is 5.43. The number of rotatable bonds is 13. The van der Waals surface area contributed by atoms with Gasteiger partial charge in [-0.25, -0.2) is 0 Å². The molecule has 126 heavy (non-hydrogen) atoms. The van der Waals surface area contributed by atoms with E-state index < -0.39 is 0 Å². The van der Waals surface area contributed by atoms with E-state index in [2.05, 4.69) is 501 Å². The molecule has 8 nitrogen and oxygen atoms in total. The molecule has 0 bridgehead atoms. The molecule has 0 aliphatic carbocycles. The van der Waals surface area contributed by atoms with Crippen molar-refractivity contribution in [3.8, 4) is 33.9 Å². The number of aromatic nitrogens is 4. The molecule has 0 amide bonds. The average molecular weight is 1740 g/mol. The van der Waals surface area contributed by atoms with Crippen molar-refractivity contribution >= 4 is 172 Å². The fourth-order valence-corrected chi connectivity index (χ4v) is 18.3. The summed E-state index contributed by atoms with van der Waals surface area (Å²) >= 11 is 2.38. The number of anilines is 9. The molecule has 0 radical (unpaired) electrons. The lowest BCUT2D eigenvalue weighted by Crippen LogP contribution is -2.11. The van der Waals surface area contributed by atoms with Crippen molar-refractivity contribution in [3.63, 3.8) is 0 Å². The minimum absolute atomic E-state index is 0. The highest BCUT2D eigenvalue weighted by atomic mass is 127. The van der Waals surface area contributed by atoms with E-state index in [9.17, 15) is 0 Å². The summed E-state index contributed by atoms with van der Waals surface area (Å²) in [7, 11) is 0. The highest BCUT2D eigenvalue weighted by molar-refractivity contribution is 14.1. The van der Waals surface area contributed by atoms with Crippen LogP contribution in [0.3, 0.4) is 0 Å². The lowest BCUT2D eigenvalue weighted by molar-refractivity contribution is 1.18. The van der Waals surface area contributed by atoms with Crippen molar-refractivity contribution in [3.05, 3.63) is 475 Å². The summed E-state index contributed by atoms with van der Waals surface area (Å²) in [6.45, 7) is 8.44. The Bertz CT molecular complexity index is 7810. The number of nitrogens with zero attached hydrogens (tertiary/aromatic N) is 6. The summed E-state index contributed by atoms with van der Waals surface area (Å²) in [5, 5.41) is 16.0. The number of fused-ring (bicyclic) bond motifs is 13. The van der Waals surface area contributed by atoms with Gasteiger partial charge in [0.1, 0.15) is 0 Å². The van der Waals surface area contributed by atoms with E-state index in [1.165, 1.54) is 141 Å². The van der Waals surface area contributed by atoms with Gasteiger partial charge in [0, 0.05) is 120 Å². The summed E-state index contributed by atoms with van der Waals surface area (Å²) in [6.07, 6.45) is 0. The molecule has 4 aromatic heterocycles. The molecule has 0 saturated heterocycles. The van der Waals surface area contributed by atoms with Gasteiger partial charge in [-0.05, 0) is 279 Å². The van der Waals surface area contributed by atoms with Crippen LogP contribution in [-0.4, -0.2) is 18.3 Å². The molecule has 0 aliphatic heterocycles. The Morgan fingerprint density at radius 2 is 0.524 bits per heavy atom. The highest BCUT2D eigenvalue weighted by Gasteiger charge is 2.24. The number of hydrogen-bond donors (Lipinski definition) is 2. The Morgan fingerprint density at radius 3 is 0.937 bits per heavy atom. The van der Waals surface area contributed by atoms with E-state index in [1.54, 1.807) is 0 Å². The van der Waals surface area contributed by atoms with Gasteiger partial charge in [-0.3, -0.25) is 0 Å². The predicted molar refractivity (Wildman–Crippen MR) is 548 cm³/mol. The normalized spacial score (nSPS) is 11.2. The number of nitrogen functional groups attached to an aromatic ring is 1. The molecule has 23 rings (SSSR count). The molecule has 0 aliphatic rings. The van der Waals surface area contributed by atoms with Crippen molar-refractivity contribution < 1.29 is 0 Å². The van der Waals surface area contributed by atoms with Crippen LogP contribution in [0.1, 0.15) is 29.7 Å². The van der Waals surface area contributed by atoms with Crippen molar-refractivity contribution in [2.45, 2.75) is 35.1 Å². The first-order valence-corrected chi connectivity index (χ1v) is 43.6. The summed E-state index contributed by atoms with van der Waals surface area (Å²) < 4.78 is 10.7. The Balaban J connectivity index is 0.000000148. The second kappa shape index (κ2) is 35.2. The molecule has 0 spiro atoms. The molecular formula is C117H93IN8. The monoisotopic (exact) mass is 1740 g/mol. The van der Waals surface area contributed by atoms with Gasteiger partial charge in [0.2, 0.25) is 0 Å². The Labute approximate surface area is 749 Å². The van der Waals surface area contributed by atoms with Crippen LogP contribution in [0.5, 0.6) is 0 Å². The quantitative estimate of drug-likeness (QED) is 0.0892. The molecule has 3 N–H and O–H groups in total. The van der Waals surface area contributed by atoms with Crippen molar-refractivity contribution in [2.24, 2.45) is 0 Å². The largest absolute Gasteiger partial charge is 0.399 e. The number of aryl methyl sites for hydroxylation is 4. The van der Waals surface area contributed by atoms with Crippen LogP contribution in [0, 0.1) is 31.3 Å². The maximum atomic E-state index is 5.43. The standard InChI is InChI=1S/C66H48N4.C25H20N2.C18H12IN.C7H9N.CH4/c1-45-25-31-50(32-26-45)67(53-37-40-65-60(43-53)58-21-11-13-23-62(58)69(65)48-15-5-3-6-16-48)51-35-29-47(30-36-51)55-39-42-64(57-20-10-9-19-56(55)57)68(52-33-27-46(2)28-34-52)54-38-41-66-61(44-54)59-22-12-14-24-63(59)70(66)49-17-7-4-8-18-49;1-18-11-13-19(14-12-18)26-20-15-16-25-23(17-20)22-9-5-6-10-24(22)27(25)21-7-3-2-4-8-21;19-13-10-11-18-16(12-13)15-8-4-5-9-17(15)20(18)14-6-2-1-3-7-14;1-6-2-4-7(8)5-3-6;/h3-44H,1-2H3;2-17,26H,1H3;1-12H;2-5H,8H2,1H3;1H4. The SMILES string of the molecule is C.Cc1ccc(N(c2ccc(-c3ccc(N(c4ccc(C)cc4)c4ccc5c(c4)c4ccccc4n5-c4ccccc4)c4ccccc34)cc2)c2ccc3c(c2)c2ccccc2n3-c2ccccc2)cc1.Cc1ccc(N)cc1.Cc1ccc(Nc2ccc3c(c2)c2ccccc2n3-c2ccccc2)cc1.Ic1ccc2c(c1)c1ccccc1n2-c1ccccc1. The zero-order valence-corrected chi connectivity index (χ0v) is 72.0. The molecule has 19 aromatic carbocycles. The molecular weight excluding hydrogens is 1640 g/mol. The first-order valence-electron chi connectivity index (χ1n) is 42.5. The van der Waals surface area contributed by atoms with E-state index >= 15 is 0 Å². The Morgan fingerprint density at radius 1 is 0.230 bits per heavy atom. The number of hydrogen-bond acceptors (Lipinski definition) is 4. The van der Waals surface area contributed by atoms with Crippen LogP contribution in [0.15, 0.2) is 449 Å². The predicted octanol–water partition coefficient (Wildman–Crippen LogP) is 32.7. The third-order valence-electron chi connectivity index (χ3n) is 23.8. The van der Waals surface area contributed by atoms with Gasteiger partial charge in [-0.2, -0.15) is 0 Å². The van der Waals surface area contributed by atoms with Gasteiger partial charge < -0.3 is 39.1 Å². The zero-order valence-electron chi connectivity index (χ0n) is 69.9. The van der Waals surface area contributed by atoms with E-state index in [0.29, 0.717) is 0 Å². The molecule has 0 fully saturated rings. The minimum atomic E-state index is 0. The molecule has 23 aromatic rings. The average Bonchev–Trinajstić information content (AvgIpc) is 1.62. The fourth-order valence-electron chi connectivity index (χ4n) is 17.8. The maximum Gasteiger partial charge on any atom is 0.0542 e. The van der Waals surface area contributed by atoms with Gasteiger partial charge in [0.25, 0.3) is 0 Å². The van der Waals surface area contributed by atoms with Crippen molar-refractivity contribution in [1.82, 2.24) is 18.3 Å².